The Balaban J connectivity index is 1.72. The first-order valence-electron chi connectivity index (χ1n) is 7.79. The molecule has 4 nitrogen and oxygen atoms in total. The quantitative estimate of drug-likeness (QED) is 0.845. The van der Waals surface area contributed by atoms with E-state index >= 15 is 0 Å². The van der Waals surface area contributed by atoms with Gasteiger partial charge in [0.2, 0.25) is 5.78 Å². The third-order valence-corrected chi connectivity index (χ3v) is 6.03. The number of pyridine rings is 1. The fraction of sp³-hybridized carbons (Fsp3) is 0.389. The Morgan fingerprint density at radius 2 is 1.74 bits per heavy atom. The predicted octanol–water partition coefficient (Wildman–Crippen LogP) is 3.15. The van der Waals surface area contributed by atoms with Gasteiger partial charge in [-0.15, -0.1) is 0 Å². The van der Waals surface area contributed by atoms with Gasteiger partial charge in [-0.05, 0) is 49.8 Å². The minimum atomic E-state index is -0.372. The molecule has 1 N–H and O–H groups in total. The van der Waals surface area contributed by atoms with E-state index in [0.29, 0.717) is 5.03 Å². The average Bonchev–Trinajstić information content (AvgIpc) is 3.09. The Morgan fingerprint density at radius 3 is 2.39 bits per heavy atom. The van der Waals surface area contributed by atoms with Crippen molar-refractivity contribution in [3.05, 3.63) is 46.2 Å². The molecule has 4 rings (SSSR count). The largest absolute Gasteiger partial charge is 0.503 e. The smallest absolute Gasteiger partial charge is 0.202 e. The summed E-state index contributed by atoms with van der Waals surface area (Å²) in [7, 11) is 0. The van der Waals surface area contributed by atoms with Gasteiger partial charge in [0.15, 0.2) is 11.5 Å². The highest BCUT2D eigenvalue weighted by Gasteiger charge is 2.55. The topological polar surface area (TPSA) is 67.3 Å². The fourth-order valence-corrected chi connectivity index (χ4v) is 5.21. The average molecular weight is 327 g/mol. The third kappa shape index (κ3) is 2.17. The van der Waals surface area contributed by atoms with Crippen LogP contribution in [0, 0.1) is 37.5 Å². The maximum absolute atomic E-state index is 12.9. The van der Waals surface area contributed by atoms with Crippen LogP contribution in [0.15, 0.2) is 40.0 Å². The summed E-state index contributed by atoms with van der Waals surface area (Å²) in [5, 5.41) is 11.0. The lowest BCUT2D eigenvalue weighted by molar-refractivity contribution is -0.132. The Hall–Kier alpha value is -1.88. The zero-order chi connectivity index (χ0) is 16.3. The molecule has 0 radical (unpaired) electrons. The lowest BCUT2D eigenvalue weighted by atomic mass is 9.74. The summed E-state index contributed by atoms with van der Waals surface area (Å²) < 4.78 is 0. The van der Waals surface area contributed by atoms with Crippen molar-refractivity contribution in [1.29, 1.82) is 0 Å². The molecule has 1 aromatic rings. The number of thioether (sulfide) groups is 1. The van der Waals surface area contributed by atoms with Crippen LogP contribution in [0.3, 0.4) is 0 Å². The lowest BCUT2D eigenvalue weighted by Gasteiger charge is -2.30. The Labute approximate surface area is 138 Å². The fourth-order valence-electron chi connectivity index (χ4n) is 4.13. The van der Waals surface area contributed by atoms with Gasteiger partial charge in [0, 0.05) is 17.5 Å². The Bertz CT molecular complexity index is 775. The second-order valence-electron chi connectivity index (χ2n) is 6.63. The summed E-state index contributed by atoms with van der Waals surface area (Å²) in [6.45, 7) is 3.84. The molecule has 0 spiro atoms. The first-order chi connectivity index (χ1) is 11.0. The molecule has 1 fully saturated rings. The summed E-state index contributed by atoms with van der Waals surface area (Å²) in [4.78, 5) is 30.0. The summed E-state index contributed by atoms with van der Waals surface area (Å²) in [5.41, 5.74) is 1.89. The number of aliphatic hydroxyl groups is 1. The maximum atomic E-state index is 12.9. The number of hydrogen-bond acceptors (Lipinski definition) is 5. The van der Waals surface area contributed by atoms with Gasteiger partial charge < -0.3 is 5.11 Å². The molecule has 3 aliphatic carbocycles. The van der Waals surface area contributed by atoms with Crippen LogP contribution in [0.2, 0.25) is 0 Å². The second-order valence-corrected chi connectivity index (χ2v) is 7.66. The van der Waals surface area contributed by atoms with Gasteiger partial charge in [-0.25, -0.2) is 4.98 Å². The van der Waals surface area contributed by atoms with Crippen LogP contribution in [0.1, 0.15) is 17.7 Å². The zero-order valence-electron chi connectivity index (χ0n) is 12.9. The highest BCUT2D eigenvalue weighted by atomic mass is 32.2. The number of hydrogen-bond donors (Lipinski definition) is 1. The van der Waals surface area contributed by atoms with Crippen LogP contribution in [0.25, 0.3) is 0 Å². The first kappa shape index (κ1) is 14.7. The normalized spacial score (nSPS) is 31.9. The van der Waals surface area contributed by atoms with Crippen LogP contribution < -0.4 is 0 Å². The van der Waals surface area contributed by atoms with Gasteiger partial charge in [0.1, 0.15) is 9.93 Å². The molecule has 118 valence electrons. The van der Waals surface area contributed by atoms with Gasteiger partial charge in [0.25, 0.3) is 0 Å². The van der Waals surface area contributed by atoms with Gasteiger partial charge in [-0.3, -0.25) is 9.59 Å². The van der Waals surface area contributed by atoms with Crippen molar-refractivity contribution in [2.75, 3.05) is 0 Å². The van der Waals surface area contributed by atoms with Crippen LogP contribution in [0.4, 0.5) is 0 Å². The summed E-state index contributed by atoms with van der Waals surface area (Å²) >= 11 is 1.11. The van der Waals surface area contributed by atoms with E-state index in [1.807, 2.05) is 32.1 Å². The molecule has 0 aromatic carbocycles. The lowest BCUT2D eigenvalue weighted by Crippen LogP contribution is -2.39. The molecule has 0 aliphatic heterocycles. The Kier molecular flexibility index (Phi) is 3.23. The number of aryl methyl sites for hydroxylation is 2. The number of ketones is 2. The summed E-state index contributed by atoms with van der Waals surface area (Å²) in [6.07, 6.45) is 4.92. The van der Waals surface area contributed by atoms with Crippen molar-refractivity contribution < 1.29 is 14.7 Å². The van der Waals surface area contributed by atoms with E-state index in [-0.39, 0.29) is 45.9 Å². The number of rotatable bonds is 2. The molecule has 5 heteroatoms. The Morgan fingerprint density at radius 1 is 1.09 bits per heavy atom. The molecule has 3 aliphatic rings. The van der Waals surface area contributed by atoms with Crippen LogP contribution in [0.5, 0.6) is 0 Å². The molecule has 1 heterocycles. The number of nitrogens with zero attached hydrogens (tertiary/aromatic N) is 1. The molecule has 23 heavy (non-hydrogen) atoms. The van der Waals surface area contributed by atoms with Crippen molar-refractivity contribution in [3.63, 3.8) is 0 Å². The predicted molar refractivity (Wildman–Crippen MR) is 87.0 cm³/mol. The van der Waals surface area contributed by atoms with Gasteiger partial charge in [-0.1, -0.05) is 23.9 Å². The second kappa shape index (κ2) is 5.06. The summed E-state index contributed by atoms with van der Waals surface area (Å²) in [5.74, 6) is -1.18. The minimum Gasteiger partial charge on any atom is -0.503 e. The first-order valence-corrected chi connectivity index (χ1v) is 8.60. The number of aliphatic hydroxyl groups excluding tert-OH is 1. The number of Topliss-reactive ketones (excluding diaryl/α,β-unsaturated/α-hetero) is 2. The van der Waals surface area contributed by atoms with Crippen molar-refractivity contribution in [1.82, 2.24) is 4.98 Å². The third-order valence-electron chi connectivity index (χ3n) is 5.02. The molecule has 0 unspecified atom stereocenters. The van der Waals surface area contributed by atoms with Gasteiger partial charge >= 0.3 is 0 Å². The highest BCUT2D eigenvalue weighted by Crippen LogP contribution is 2.53. The number of carbonyl (C=O) groups is 2. The minimum absolute atomic E-state index is 0.102. The maximum Gasteiger partial charge on any atom is 0.202 e. The van der Waals surface area contributed by atoms with Gasteiger partial charge in [0.05, 0.1) is 0 Å². The van der Waals surface area contributed by atoms with Crippen molar-refractivity contribution in [2.45, 2.75) is 25.3 Å². The summed E-state index contributed by atoms with van der Waals surface area (Å²) in [6, 6.07) is 3.81. The molecule has 1 aromatic heterocycles. The van der Waals surface area contributed by atoms with E-state index < -0.39 is 0 Å². The molecule has 0 saturated heterocycles. The van der Waals surface area contributed by atoms with E-state index in [4.69, 9.17) is 0 Å². The van der Waals surface area contributed by atoms with Crippen molar-refractivity contribution in [2.24, 2.45) is 23.7 Å². The van der Waals surface area contributed by atoms with Crippen molar-refractivity contribution >= 4 is 23.3 Å². The van der Waals surface area contributed by atoms with E-state index in [9.17, 15) is 14.7 Å². The standard InChI is InChI=1S/C18H17NO3S/c1-8-5-9(2)19-12(6-8)23-18-16(21)14-11-4-3-10(7-11)13(14)15(20)17(18)22/h3-6,10-11,13-14,22H,7H2,1-2H3/t10-,11-,13+,14+/m1/s1. The molecule has 1 saturated carbocycles. The number of aromatic nitrogens is 1. The number of carbonyl (C=O) groups excluding carboxylic acids is 2. The molecule has 4 atom stereocenters. The monoisotopic (exact) mass is 327 g/mol. The van der Waals surface area contributed by atoms with Crippen LogP contribution >= 0.6 is 11.8 Å². The van der Waals surface area contributed by atoms with Crippen LogP contribution in [-0.2, 0) is 9.59 Å². The van der Waals surface area contributed by atoms with E-state index in [0.717, 1.165) is 29.4 Å². The molecule has 2 bridgehead atoms. The molecule has 0 amide bonds. The zero-order valence-corrected chi connectivity index (χ0v) is 13.8. The van der Waals surface area contributed by atoms with Crippen LogP contribution in [-0.4, -0.2) is 21.7 Å². The van der Waals surface area contributed by atoms with E-state index in [1.54, 1.807) is 0 Å². The van der Waals surface area contributed by atoms with Crippen molar-refractivity contribution in [3.8, 4) is 0 Å². The van der Waals surface area contributed by atoms with E-state index in [1.165, 1.54) is 0 Å². The SMILES string of the molecule is Cc1cc(C)nc(SC2=C(O)C(=O)[C@@H]3[C@@H](C2=O)[C@@H]2C=C[C@@H]3C2)c1. The van der Waals surface area contributed by atoms with E-state index in [2.05, 4.69) is 11.1 Å². The molecular formula is C18H17NO3S. The van der Waals surface area contributed by atoms with Gasteiger partial charge in [-0.2, -0.15) is 0 Å². The number of allylic oxidation sites excluding steroid dienone is 4. The molecular weight excluding hydrogens is 310 g/mol. The number of fused-ring (bicyclic) bond motifs is 5. The highest BCUT2D eigenvalue weighted by molar-refractivity contribution is 8.04.